The predicted octanol–water partition coefficient (Wildman–Crippen LogP) is 5.04. The van der Waals surface area contributed by atoms with Crippen LogP contribution in [0, 0.1) is 13.8 Å². The number of fused-ring (bicyclic) bond motifs is 1. The first kappa shape index (κ1) is 18.1. The molecule has 1 fully saturated rings. The highest BCUT2D eigenvalue weighted by molar-refractivity contribution is 7.80. The highest BCUT2D eigenvalue weighted by Crippen LogP contribution is 2.33. The molecular weight excluding hydrogens is 350 g/mol. The third-order valence-corrected chi connectivity index (χ3v) is 6.13. The lowest BCUT2D eigenvalue weighted by molar-refractivity contribution is 0.307. The second-order valence-electron chi connectivity index (χ2n) is 7.62. The highest BCUT2D eigenvalue weighted by Gasteiger charge is 2.25. The Morgan fingerprint density at radius 2 is 1.85 bits per heavy atom. The van der Waals surface area contributed by atoms with E-state index in [-0.39, 0.29) is 0 Å². The molecule has 0 bridgehead atoms. The molecule has 2 aromatic carbocycles. The molecule has 1 aliphatic rings. The van der Waals surface area contributed by atoms with Crippen LogP contribution in [0.1, 0.15) is 41.1 Å². The minimum atomic E-state index is 0.589. The van der Waals surface area contributed by atoms with E-state index in [0.29, 0.717) is 5.92 Å². The van der Waals surface area contributed by atoms with Crippen molar-refractivity contribution in [2.45, 2.75) is 39.2 Å². The molecule has 0 radical (unpaired) electrons. The maximum absolute atomic E-state index is 5.63. The van der Waals surface area contributed by atoms with Crippen molar-refractivity contribution in [3.8, 4) is 0 Å². The number of rotatable bonds is 3. The molecule has 1 saturated heterocycles. The minimum Gasteiger partial charge on any atom is -0.358 e. The Labute approximate surface area is 166 Å². The van der Waals surface area contributed by atoms with E-state index >= 15 is 0 Å². The summed E-state index contributed by atoms with van der Waals surface area (Å²) in [6.45, 7) is 7.23. The second-order valence-corrected chi connectivity index (χ2v) is 8.01. The smallest absolute Gasteiger partial charge is 0.169 e. The van der Waals surface area contributed by atoms with Gasteiger partial charge in [-0.05, 0) is 62.2 Å². The molecule has 140 valence electrons. The van der Waals surface area contributed by atoms with Gasteiger partial charge in [0.2, 0.25) is 0 Å². The number of piperidine rings is 1. The zero-order valence-corrected chi connectivity index (χ0v) is 16.9. The van der Waals surface area contributed by atoms with Gasteiger partial charge in [0.25, 0.3) is 0 Å². The number of aromatic amines is 1. The van der Waals surface area contributed by atoms with Crippen molar-refractivity contribution in [3.63, 3.8) is 0 Å². The maximum Gasteiger partial charge on any atom is 0.169 e. The third-order valence-electron chi connectivity index (χ3n) is 5.73. The Hall–Kier alpha value is -2.33. The molecule has 1 aromatic heterocycles. The average Bonchev–Trinajstić information content (AvgIpc) is 3.03. The summed E-state index contributed by atoms with van der Waals surface area (Å²) in [5.41, 5.74) is 6.67. The first-order valence-corrected chi connectivity index (χ1v) is 10.2. The van der Waals surface area contributed by atoms with Gasteiger partial charge in [-0.15, -0.1) is 0 Å². The molecule has 0 unspecified atom stereocenters. The SMILES string of the molecule is Cc1ccc2[nH]c(C3CCN(C(=S)NCc4ccccc4)CC3)c(C)c2c1. The van der Waals surface area contributed by atoms with Crippen LogP contribution in [0.15, 0.2) is 48.5 Å². The summed E-state index contributed by atoms with van der Waals surface area (Å²) in [6, 6.07) is 17.1. The molecule has 3 nitrogen and oxygen atoms in total. The molecule has 0 amide bonds. The van der Waals surface area contributed by atoms with E-state index < -0.39 is 0 Å². The molecule has 2 heterocycles. The molecule has 3 aromatic rings. The minimum absolute atomic E-state index is 0.589. The molecule has 0 aliphatic carbocycles. The maximum atomic E-state index is 5.63. The Kier molecular flexibility index (Phi) is 5.17. The molecule has 4 rings (SSSR count). The van der Waals surface area contributed by atoms with E-state index in [9.17, 15) is 0 Å². The van der Waals surface area contributed by atoms with Gasteiger partial charge in [-0.2, -0.15) is 0 Å². The number of aromatic nitrogens is 1. The highest BCUT2D eigenvalue weighted by atomic mass is 32.1. The normalized spacial score (nSPS) is 15.3. The summed E-state index contributed by atoms with van der Waals surface area (Å²) in [5.74, 6) is 0.589. The van der Waals surface area contributed by atoms with Gasteiger partial charge in [0, 0.05) is 42.1 Å². The van der Waals surface area contributed by atoms with Gasteiger partial charge in [-0.3, -0.25) is 0 Å². The largest absolute Gasteiger partial charge is 0.358 e. The van der Waals surface area contributed by atoms with E-state index in [1.807, 2.05) is 6.07 Å². The summed E-state index contributed by atoms with van der Waals surface area (Å²) in [6.07, 6.45) is 2.28. The summed E-state index contributed by atoms with van der Waals surface area (Å²) >= 11 is 5.63. The molecule has 0 spiro atoms. The molecule has 27 heavy (non-hydrogen) atoms. The van der Waals surface area contributed by atoms with Crippen molar-refractivity contribution in [1.82, 2.24) is 15.2 Å². The van der Waals surface area contributed by atoms with E-state index in [1.165, 1.54) is 33.3 Å². The Balaban J connectivity index is 1.37. The summed E-state index contributed by atoms with van der Waals surface area (Å²) in [4.78, 5) is 6.00. The van der Waals surface area contributed by atoms with Crippen LogP contribution in [-0.4, -0.2) is 28.1 Å². The molecule has 0 saturated carbocycles. The van der Waals surface area contributed by atoms with Crippen LogP contribution in [0.5, 0.6) is 0 Å². The molecule has 0 atom stereocenters. The number of H-pyrrole nitrogens is 1. The van der Waals surface area contributed by atoms with Gasteiger partial charge in [-0.1, -0.05) is 42.0 Å². The van der Waals surface area contributed by atoms with Crippen LogP contribution in [0.4, 0.5) is 0 Å². The zero-order chi connectivity index (χ0) is 18.8. The van der Waals surface area contributed by atoms with Crippen LogP contribution in [0.25, 0.3) is 10.9 Å². The van der Waals surface area contributed by atoms with Gasteiger partial charge in [0.05, 0.1) is 0 Å². The lowest BCUT2D eigenvalue weighted by Crippen LogP contribution is -2.43. The van der Waals surface area contributed by atoms with E-state index in [2.05, 4.69) is 71.5 Å². The van der Waals surface area contributed by atoms with Gasteiger partial charge in [-0.25, -0.2) is 0 Å². The molecule has 4 heteroatoms. The van der Waals surface area contributed by atoms with E-state index in [1.54, 1.807) is 0 Å². The summed E-state index contributed by atoms with van der Waals surface area (Å²) in [7, 11) is 0. The van der Waals surface area contributed by atoms with Crippen LogP contribution in [0.3, 0.4) is 0 Å². The number of hydrogen-bond donors (Lipinski definition) is 2. The fraction of sp³-hybridized carbons (Fsp3) is 0.348. The monoisotopic (exact) mass is 377 g/mol. The fourth-order valence-corrected chi connectivity index (χ4v) is 4.38. The van der Waals surface area contributed by atoms with Gasteiger partial charge in [0.15, 0.2) is 5.11 Å². The molecule has 1 aliphatic heterocycles. The summed E-state index contributed by atoms with van der Waals surface area (Å²) < 4.78 is 0. The Morgan fingerprint density at radius 1 is 1.11 bits per heavy atom. The Morgan fingerprint density at radius 3 is 2.59 bits per heavy atom. The van der Waals surface area contributed by atoms with Crippen molar-refractivity contribution >= 4 is 28.2 Å². The fourth-order valence-electron chi connectivity index (χ4n) is 4.13. The van der Waals surface area contributed by atoms with Crippen LogP contribution in [-0.2, 0) is 6.54 Å². The topological polar surface area (TPSA) is 31.1 Å². The average molecular weight is 378 g/mol. The van der Waals surface area contributed by atoms with E-state index in [4.69, 9.17) is 12.2 Å². The third kappa shape index (κ3) is 3.86. The number of aryl methyl sites for hydroxylation is 2. The first-order chi connectivity index (χ1) is 13.1. The zero-order valence-electron chi connectivity index (χ0n) is 16.1. The van der Waals surface area contributed by atoms with Gasteiger partial charge < -0.3 is 15.2 Å². The number of hydrogen-bond acceptors (Lipinski definition) is 1. The quantitative estimate of drug-likeness (QED) is 0.627. The van der Waals surface area contributed by atoms with Crippen LogP contribution in [0.2, 0.25) is 0 Å². The number of nitrogens with one attached hydrogen (secondary N) is 2. The van der Waals surface area contributed by atoms with Gasteiger partial charge >= 0.3 is 0 Å². The predicted molar refractivity (Wildman–Crippen MR) is 117 cm³/mol. The number of likely N-dealkylation sites (tertiary alicyclic amines) is 1. The van der Waals surface area contributed by atoms with Crippen molar-refractivity contribution < 1.29 is 0 Å². The lowest BCUT2D eigenvalue weighted by Gasteiger charge is -2.34. The van der Waals surface area contributed by atoms with Crippen LogP contribution < -0.4 is 5.32 Å². The summed E-state index contributed by atoms with van der Waals surface area (Å²) in [5, 5.41) is 5.66. The number of nitrogens with zero attached hydrogens (tertiary/aromatic N) is 1. The van der Waals surface area contributed by atoms with E-state index in [0.717, 1.165) is 37.6 Å². The second kappa shape index (κ2) is 7.73. The first-order valence-electron chi connectivity index (χ1n) is 9.77. The molecule has 2 N–H and O–H groups in total. The van der Waals surface area contributed by atoms with Crippen molar-refractivity contribution in [1.29, 1.82) is 0 Å². The number of thiocarbonyl (C=S) groups is 1. The van der Waals surface area contributed by atoms with Crippen LogP contribution >= 0.6 is 12.2 Å². The Bertz CT molecular complexity index is 937. The van der Waals surface area contributed by atoms with Gasteiger partial charge in [0.1, 0.15) is 0 Å². The van der Waals surface area contributed by atoms with Crippen molar-refractivity contribution in [3.05, 3.63) is 70.9 Å². The standard InChI is InChI=1S/C23H27N3S/c1-16-8-9-21-20(14-16)17(2)22(25-21)19-10-12-26(13-11-19)23(27)24-15-18-6-4-3-5-7-18/h3-9,14,19,25H,10-13,15H2,1-2H3,(H,24,27). The molecular formula is C23H27N3S. The van der Waals surface area contributed by atoms with Crippen molar-refractivity contribution in [2.75, 3.05) is 13.1 Å². The van der Waals surface area contributed by atoms with Crippen molar-refractivity contribution in [2.24, 2.45) is 0 Å². The lowest BCUT2D eigenvalue weighted by atomic mass is 9.91. The number of benzene rings is 2.